The van der Waals surface area contributed by atoms with Gasteiger partial charge in [-0.15, -0.1) is 0 Å². The Bertz CT molecular complexity index is 581. The second-order valence-corrected chi connectivity index (χ2v) is 8.56. The standard InChI is InChI=1S/C24H42N2O6/c1-20-19-23(29)26(24(20)30)15-13-21(27)11-9-7-5-3-4-6-8-10-12-22(28)25-14-16-32-18-17-31-2/h20H,3-19H2,1-2H3,(H,25,28). The van der Waals surface area contributed by atoms with Gasteiger partial charge >= 0.3 is 0 Å². The van der Waals surface area contributed by atoms with Crippen molar-refractivity contribution in [2.75, 3.05) is 40.0 Å². The maximum atomic E-state index is 12.0. The number of amides is 3. The summed E-state index contributed by atoms with van der Waals surface area (Å²) >= 11 is 0. The minimum atomic E-state index is -0.244. The summed E-state index contributed by atoms with van der Waals surface area (Å²) in [5.41, 5.74) is 0. The molecular formula is C24H42N2O6. The minimum absolute atomic E-state index is 0.0815. The Hall–Kier alpha value is -1.80. The van der Waals surface area contributed by atoms with Crippen LogP contribution in [0.4, 0.5) is 0 Å². The third kappa shape index (κ3) is 12.9. The van der Waals surface area contributed by atoms with Crippen LogP contribution in [0.5, 0.6) is 0 Å². The number of carbonyl (C=O) groups is 4. The summed E-state index contributed by atoms with van der Waals surface area (Å²) in [5, 5.41) is 2.86. The number of unbranched alkanes of at least 4 members (excludes halogenated alkanes) is 7. The molecule has 1 heterocycles. The molecule has 1 unspecified atom stereocenters. The first-order chi connectivity index (χ1) is 15.5. The third-order valence-electron chi connectivity index (χ3n) is 5.69. The SMILES string of the molecule is COCCOCCNC(=O)CCCCCCCCCCC(=O)CCN1C(=O)CC(C)C1=O. The van der Waals surface area contributed by atoms with Gasteiger partial charge in [-0.3, -0.25) is 24.1 Å². The van der Waals surface area contributed by atoms with Gasteiger partial charge in [0.25, 0.3) is 0 Å². The Kier molecular flexibility index (Phi) is 15.6. The molecule has 0 aromatic heterocycles. The summed E-state index contributed by atoms with van der Waals surface area (Å²) in [5.74, 6) is -0.333. The number of nitrogens with zero attached hydrogens (tertiary/aromatic N) is 1. The first kappa shape index (κ1) is 28.2. The van der Waals surface area contributed by atoms with Crippen LogP contribution in [0, 0.1) is 5.92 Å². The largest absolute Gasteiger partial charge is 0.382 e. The summed E-state index contributed by atoms with van der Waals surface area (Å²) in [4.78, 5) is 48.5. The maximum Gasteiger partial charge on any atom is 0.232 e. The molecule has 0 aliphatic carbocycles. The summed E-state index contributed by atoms with van der Waals surface area (Å²) in [6.07, 6.45) is 10.0. The predicted octanol–water partition coefficient (Wildman–Crippen LogP) is 3.02. The van der Waals surface area contributed by atoms with Crippen LogP contribution in [0.3, 0.4) is 0 Å². The minimum Gasteiger partial charge on any atom is -0.382 e. The topological polar surface area (TPSA) is 102 Å². The van der Waals surface area contributed by atoms with Crippen molar-refractivity contribution < 1.29 is 28.7 Å². The number of likely N-dealkylation sites (tertiary alicyclic amines) is 1. The number of hydrogen-bond acceptors (Lipinski definition) is 6. The molecule has 3 amide bonds. The van der Waals surface area contributed by atoms with Gasteiger partial charge in [0.05, 0.1) is 19.8 Å². The molecule has 0 bridgehead atoms. The molecule has 1 aliphatic rings. The first-order valence-electron chi connectivity index (χ1n) is 12.1. The zero-order valence-corrected chi connectivity index (χ0v) is 20.0. The monoisotopic (exact) mass is 454 g/mol. The highest BCUT2D eigenvalue weighted by atomic mass is 16.5. The van der Waals surface area contributed by atoms with E-state index >= 15 is 0 Å². The molecule has 184 valence electrons. The van der Waals surface area contributed by atoms with Crippen molar-refractivity contribution in [1.29, 1.82) is 0 Å². The molecule has 32 heavy (non-hydrogen) atoms. The molecule has 0 aromatic carbocycles. The van der Waals surface area contributed by atoms with Gasteiger partial charge in [-0.2, -0.15) is 0 Å². The summed E-state index contributed by atoms with van der Waals surface area (Å²) in [6, 6.07) is 0. The predicted molar refractivity (Wildman–Crippen MR) is 122 cm³/mol. The summed E-state index contributed by atoms with van der Waals surface area (Å²) < 4.78 is 10.2. The number of imide groups is 1. The van der Waals surface area contributed by atoms with Crippen LogP contribution in [0.15, 0.2) is 0 Å². The zero-order valence-electron chi connectivity index (χ0n) is 20.0. The van der Waals surface area contributed by atoms with Gasteiger partial charge in [0, 0.05) is 51.8 Å². The van der Waals surface area contributed by atoms with Gasteiger partial charge in [-0.25, -0.2) is 0 Å². The molecule has 0 radical (unpaired) electrons. The number of nitrogens with one attached hydrogen (secondary N) is 1. The molecule has 0 aromatic rings. The lowest BCUT2D eigenvalue weighted by Gasteiger charge is -2.13. The van der Waals surface area contributed by atoms with E-state index in [1.54, 1.807) is 14.0 Å². The highest BCUT2D eigenvalue weighted by molar-refractivity contribution is 6.03. The molecule has 8 nitrogen and oxygen atoms in total. The van der Waals surface area contributed by atoms with Crippen LogP contribution in [0.25, 0.3) is 0 Å². The molecule has 1 saturated heterocycles. The second kappa shape index (κ2) is 17.7. The quantitative estimate of drug-likeness (QED) is 0.224. The number of rotatable bonds is 20. The van der Waals surface area contributed by atoms with Crippen molar-refractivity contribution in [3.63, 3.8) is 0 Å². The molecule has 0 saturated carbocycles. The van der Waals surface area contributed by atoms with Crippen molar-refractivity contribution in [1.82, 2.24) is 10.2 Å². The van der Waals surface area contributed by atoms with E-state index in [0.717, 1.165) is 51.4 Å². The van der Waals surface area contributed by atoms with Gasteiger partial charge in [0.15, 0.2) is 0 Å². The Balaban J connectivity index is 1.85. The average molecular weight is 455 g/mol. The van der Waals surface area contributed by atoms with Gasteiger partial charge in [0.1, 0.15) is 5.78 Å². The van der Waals surface area contributed by atoms with Gasteiger partial charge in [0.2, 0.25) is 17.7 Å². The highest BCUT2D eigenvalue weighted by Crippen LogP contribution is 2.19. The lowest BCUT2D eigenvalue weighted by molar-refractivity contribution is -0.139. The average Bonchev–Trinajstić information content (AvgIpc) is 3.01. The number of methoxy groups -OCH3 is 1. The Morgan fingerprint density at radius 1 is 0.906 bits per heavy atom. The van der Waals surface area contributed by atoms with E-state index in [9.17, 15) is 19.2 Å². The molecule has 1 fully saturated rings. The van der Waals surface area contributed by atoms with Crippen LogP contribution >= 0.6 is 0 Å². The molecule has 8 heteroatoms. The van der Waals surface area contributed by atoms with E-state index in [1.165, 1.54) is 4.90 Å². The van der Waals surface area contributed by atoms with Crippen LogP contribution in [-0.4, -0.2) is 68.4 Å². The lowest BCUT2D eigenvalue weighted by atomic mass is 10.0. The normalized spacial score (nSPS) is 16.1. The fraction of sp³-hybridized carbons (Fsp3) is 0.833. The molecular weight excluding hydrogens is 412 g/mol. The molecule has 1 atom stereocenters. The van der Waals surface area contributed by atoms with Crippen molar-refractivity contribution >= 4 is 23.5 Å². The van der Waals surface area contributed by atoms with E-state index in [4.69, 9.17) is 9.47 Å². The third-order valence-corrected chi connectivity index (χ3v) is 5.69. The molecule has 1 N–H and O–H groups in total. The molecule has 1 rings (SSSR count). The zero-order chi connectivity index (χ0) is 23.6. The van der Waals surface area contributed by atoms with E-state index < -0.39 is 0 Å². The van der Waals surface area contributed by atoms with Crippen LogP contribution in [-0.2, 0) is 28.7 Å². The number of ether oxygens (including phenoxy) is 2. The molecule has 0 spiro atoms. The van der Waals surface area contributed by atoms with E-state index in [0.29, 0.717) is 39.2 Å². The fourth-order valence-corrected chi connectivity index (χ4v) is 3.71. The van der Waals surface area contributed by atoms with Crippen molar-refractivity contribution in [2.24, 2.45) is 5.92 Å². The van der Waals surface area contributed by atoms with Crippen molar-refractivity contribution in [3.05, 3.63) is 0 Å². The number of carbonyl (C=O) groups excluding carboxylic acids is 4. The van der Waals surface area contributed by atoms with Crippen LogP contribution in [0.1, 0.15) is 84.0 Å². The number of ketones is 1. The van der Waals surface area contributed by atoms with Crippen molar-refractivity contribution in [2.45, 2.75) is 84.0 Å². The fourth-order valence-electron chi connectivity index (χ4n) is 3.71. The van der Waals surface area contributed by atoms with Crippen molar-refractivity contribution in [3.8, 4) is 0 Å². The highest BCUT2D eigenvalue weighted by Gasteiger charge is 2.35. The van der Waals surface area contributed by atoms with Crippen LogP contribution in [0.2, 0.25) is 0 Å². The maximum absolute atomic E-state index is 12.0. The lowest BCUT2D eigenvalue weighted by Crippen LogP contribution is -2.32. The Labute approximate surface area is 192 Å². The summed E-state index contributed by atoms with van der Waals surface area (Å²) in [6.45, 7) is 4.15. The summed E-state index contributed by atoms with van der Waals surface area (Å²) in [7, 11) is 1.63. The number of Topliss-reactive ketones (excluding diaryl/α,β-unsaturated/α-hetero) is 1. The Morgan fingerprint density at radius 2 is 1.53 bits per heavy atom. The van der Waals surface area contributed by atoms with E-state index in [2.05, 4.69) is 5.32 Å². The van der Waals surface area contributed by atoms with E-state index in [-0.39, 0.29) is 48.8 Å². The van der Waals surface area contributed by atoms with Gasteiger partial charge in [-0.1, -0.05) is 45.4 Å². The van der Waals surface area contributed by atoms with Gasteiger partial charge in [-0.05, 0) is 12.8 Å². The molecule has 1 aliphatic heterocycles. The van der Waals surface area contributed by atoms with Gasteiger partial charge < -0.3 is 14.8 Å². The first-order valence-corrected chi connectivity index (χ1v) is 12.1. The Morgan fingerprint density at radius 3 is 2.12 bits per heavy atom. The van der Waals surface area contributed by atoms with Crippen LogP contribution < -0.4 is 5.32 Å². The second-order valence-electron chi connectivity index (χ2n) is 8.56. The smallest absolute Gasteiger partial charge is 0.232 e. The number of hydrogen-bond donors (Lipinski definition) is 1. The van der Waals surface area contributed by atoms with E-state index in [1.807, 2.05) is 0 Å².